The number of furan rings is 1. The van der Waals surface area contributed by atoms with Crippen molar-refractivity contribution in [2.24, 2.45) is 0 Å². The first-order chi connectivity index (χ1) is 12.2. The summed E-state index contributed by atoms with van der Waals surface area (Å²) in [5.41, 5.74) is 1.43. The third-order valence-electron chi connectivity index (χ3n) is 3.66. The zero-order chi connectivity index (χ0) is 17.6. The van der Waals surface area contributed by atoms with Crippen molar-refractivity contribution in [2.45, 2.75) is 0 Å². The Kier molecular flexibility index (Phi) is 5.11. The molecule has 0 aliphatic rings. The molecule has 1 heterocycles. The van der Waals surface area contributed by atoms with E-state index < -0.39 is 5.91 Å². The molecule has 0 saturated heterocycles. The van der Waals surface area contributed by atoms with Gasteiger partial charge in [-0.15, -0.1) is 0 Å². The van der Waals surface area contributed by atoms with Gasteiger partial charge in [0, 0.05) is 19.0 Å². The molecule has 3 aromatic rings. The third-order valence-corrected chi connectivity index (χ3v) is 3.66. The van der Waals surface area contributed by atoms with Gasteiger partial charge in [-0.05, 0) is 24.3 Å². The van der Waals surface area contributed by atoms with E-state index in [4.69, 9.17) is 9.15 Å². The molecule has 0 fully saturated rings. The topological polar surface area (TPSA) is 80.6 Å². The standard InChI is InChI=1S/C19H18N2O4/c1-24-11-10-20-18(22)14-7-3-4-8-15(14)21-19(23)17-12-13-6-2-5-9-16(13)25-17/h2-9,12H,10-11H2,1H3,(H,20,22)(H,21,23). The molecule has 128 valence electrons. The van der Waals surface area contributed by atoms with Gasteiger partial charge in [0.05, 0.1) is 17.9 Å². The van der Waals surface area contributed by atoms with Crippen LogP contribution in [0.1, 0.15) is 20.9 Å². The average Bonchev–Trinajstić information content (AvgIpc) is 3.06. The van der Waals surface area contributed by atoms with Crippen LogP contribution in [0.3, 0.4) is 0 Å². The maximum absolute atomic E-state index is 12.5. The molecule has 6 nitrogen and oxygen atoms in total. The predicted molar refractivity (Wildman–Crippen MR) is 94.8 cm³/mol. The number of benzene rings is 2. The molecule has 0 atom stereocenters. The number of amides is 2. The summed E-state index contributed by atoms with van der Waals surface area (Å²) < 4.78 is 10.5. The van der Waals surface area contributed by atoms with E-state index in [1.807, 2.05) is 18.2 Å². The van der Waals surface area contributed by atoms with Crippen molar-refractivity contribution in [1.82, 2.24) is 5.32 Å². The normalized spacial score (nSPS) is 10.6. The number of hydrogen-bond acceptors (Lipinski definition) is 4. The van der Waals surface area contributed by atoms with Gasteiger partial charge in [-0.2, -0.15) is 0 Å². The van der Waals surface area contributed by atoms with Gasteiger partial charge in [0.15, 0.2) is 5.76 Å². The van der Waals surface area contributed by atoms with Crippen molar-refractivity contribution in [3.8, 4) is 0 Å². The van der Waals surface area contributed by atoms with Gasteiger partial charge in [0.1, 0.15) is 5.58 Å². The van der Waals surface area contributed by atoms with Crippen LogP contribution in [0.2, 0.25) is 0 Å². The minimum Gasteiger partial charge on any atom is -0.451 e. The van der Waals surface area contributed by atoms with Crippen LogP contribution in [-0.2, 0) is 4.74 Å². The highest BCUT2D eigenvalue weighted by atomic mass is 16.5. The van der Waals surface area contributed by atoms with Crippen LogP contribution in [0.4, 0.5) is 5.69 Å². The minimum absolute atomic E-state index is 0.191. The molecule has 0 bridgehead atoms. The molecule has 0 spiro atoms. The lowest BCUT2D eigenvalue weighted by molar-refractivity contribution is 0.0938. The quantitative estimate of drug-likeness (QED) is 0.677. The van der Waals surface area contributed by atoms with Crippen molar-refractivity contribution >= 4 is 28.5 Å². The second kappa shape index (κ2) is 7.63. The summed E-state index contributed by atoms with van der Waals surface area (Å²) >= 11 is 0. The van der Waals surface area contributed by atoms with Gasteiger partial charge in [-0.3, -0.25) is 9.59 Å². The highest BCUT2D eigenvalue weighted by Crippen LogP contribution is 2.21. The SMILES string of the molecule is COCCNC(=O)c1ccccc1NC(=O)c1cc2ccccc2o1. The maximum Gasteiger partial charge on any atom is 0.291 e. The molecule has 0 aliphatic heterocycles. The third kappa shape index (κ3) is 3.87. The molecule has 25 heavy (non-hydrogen) atoms. The van der Waals surface area contributed by atoms with E-state index in [0.29, 0.717) is 30.0 Å². The smallest absolute Gasteiger partial charge is 0.291 e. The summed E-state index contributed by atoms with van der Waals surface area (Å²) in [5, 5.41) is 6.32. The minimum atomic E-state index is -0.409. The molecular weight excluding hydrogens is 320 g/mol. The van der Waals surface area contributed by atoms with E-state index in [0.717, 1.165) is 5.39 Å². The predicted octanol–water partition coefficient (Wildman–Crippen LogP) is 3.06. The number of anilines is 1. The summed E-state index contributed by atoms with van der Waals surface area (Å²) in [6.07, 6.45) is 0. The Balaban J connectivity index is 1.78. The molecule has 3 rings (SSSR count). The first kappa shape index (κ1) is 16.7. The Morgan fingerprint density at radius 2 is 1.80 bits per heavy atom. The molecule has 0 radical (unpaired) electrons. The summed E-state index contributed by atoms with van der Waals surface area (Å²) in [6.45, 7) is 0.806. The van der Waals surface area contributed by atoms with E-state index >= 15 is 0 Å². The van der Waals surface area contributed by atoms with Crippen molar-refractivity contribution < 1.29 is 18.7 Å². The summed E-state index contributed by atoms with van der Waals surface area (Å²) in [6, 6.07) is 15.9. The van der Waals surface area contributed by atoms with Crippen LogP contribution in [0.25, 0.3) is 11.0 Å². The van der Waals surface area contributed by atoms with Gasteiger partial charge in [-0.1, -0.05) is 30.3 Å². The summed E-state index contributed by atoms with van der Waals surface area (Å²) in [4.78, 5) is 24.7. The Hall–Kier alpha value is -3.12. The number of carbonyl (C=O) groups excluding carboxylic acids is 2. The molecular formula is C19H18N2O4. The molecule has 2 amide bonds. The fourth-order valence-corrected chi connectivity index (χ4v) is 2.43. The monoisotopic (exact) mass is 338 g/mol. The van der Waals surface area contributed by atoms with Gasteiger partial charge in [-0.25, -0.2) is 0 Å². The highest BCUT2D eigenvalue weighted by molar-refractivity contribution is 6.09. The lowest BCUT2D eigenvalue weighted by Crippen LogP contribution is -2.28. The molecule has 0 saturated carbocycles. The van der Waals surface area contributed by atoms with Gasteiger partial charge >= 0.3 is 0 Å². The molecule has 1 aromatic heterocycles. The average molecular weight is 338 g/mol. The van der Waals surface area contributed by atoms with E-state index in [1.54, 1.807) is 43.5 Å². The number of carbonyl (C=O) groups is 2. The van der Waals surface area contributed by atoms with Crippen LogP contribution in [0, 0.1) is 0 Å². The van der Waals surface area contributed by atoms with Crippen LogP contribution >= 0.6 is 0 Å². The molecule has 0 aliphatic carbocycles. The summed E-state index contributed by atoms with van der Waals surface area (Å²) in [5.74, 6) is -0.498. The van der Waals surface area contributed by atoms with E-state index in [-0.39, 0.29) is 11.7 Å². The Morgan fingerprint density at radius 1 is 1.04 bits per heavy atom. The van der Waals surface area contributed by atoms with Crippen LogP contribution in [-0.4, -0.2) is 32.1 Å². The van der Waals surface area contributed by atoms with Crippen LogP contribution < -0.4 is 10.6 Å². The second-order valence-corrected chi connectivity index (χ2v) is 5.40. The van der Waals surface area contributed by atoms with E-state index in [2.05, 4.69) is 10.6 Å². The Morgan fingerprint density at radius 3 is 2.60 bits per heavy atom. The zero-order valence-electron chi connectivity index (χ0n) is 13.7. The van der Waals surface area contributed by atoms with Crippen LogP contribution in [0.15, 0.2) is 59.0 Å². The number of nitrogens with one attached hydrogen (secondary N) is 2. The fourth-order valence-electron chi connectivity index (χ4n) is 2.43. The lowest BCUT2D eigenvalue weighted by Gasteiger charge is -2.10. The van der Waals surface area contributed by atoms with Crippen LogP contribution in [0.5, 0.6) is 0 Å². The number of ether oxygens (including phenoxy) is 1. The maximum atomic E-state index is 12.5. The molecule has 2 N–H and O–H groups in total. The van der Waals surface area contributed by atoms with Crippen molar-refractivity contribution in [3.63, 3.8) is 0 Å². The van der Waals surface area contributed by atoms with E-state index in [9.17, 15) is 9.59 Å². The molecule has 6 heteroatoms. The van der Waals surface area contributed by atoms with Gasteiger partial charge in [0.25, 0.3) is 11.8 Å². The molecule has 2 aromatic carbocycles. The highest BCUT2D eigenvalue weighted by Gasteiger charge is 2.16. The van der Waals surface area contributed by atoms with Crippen molar-refractivity contribution in [3.05, 3.63) is 65.9 Å². The number of rotatable bonds is 6. The van der Waals surface area contributed by atoms with Gasteiger partial charge in [0.2, 0.25) is 0 Å². The number of hydrogen-bond donors (Lipinski definition) is 2. The van der Waals surface area contributed by atoms with Gasteiger partial charge < -0.3 is 19.8 Å². The number of fused-ring (bicyclic) bond motifs is 1. The Labute approximate surface area is 144 Å². The largest absolute Gasteiger partial charge is 0.451 e. The first-order valence-electron chi connectivity index (χ1n) is 7.85. The van der Waals surface area contributed by atoms with Crippen molar-refractivity contribution in [2.75, 3.05) is 25.6 Å². The lowest BCUT2D eigenvalue weighted by atomic mass is 10.1. The molecule has 0 unspecified atom stereocenters. The number of para-hydroxylation sites is 2. The Bertz CT molecular complexity index is 868. The van der Waals surface area contributed by atoms with Crippen molar-refractivity contribution in [1.29, 1.82) is 0 Å². The number of methoxy groups -OCH3 is 1. The zero-order valence-corrected chi connectivity index (χ0v) is 13.7. The first-order valence-corrected chi connectivity index (χ1v) is 7.85. The van der Waals surface area contributed by atoms with E-state index in [1.165, 1.54) is 0 Å². The fraction of sp³-hybridized carbons (Fsp3) is 0.158. The summed E-state index contributed by atoms with van der Waals surface area (Å²) in [7, 11) is 1.56. The second-order valence-electron chi connectivity index (χ2n) is 5.40.